The van der Waals surface area contributed by atoms with Crippen LogP contribution in [0.3, 0.4) is 0 Å². The molecule has 0 atom stereocenters. The highest BCUT2D eigenvalue weighted by Gasteiger charge is 2.29. The largest absolute Gasteiger partial charge is 0.416 e. The summed E-state index contributed by atoms with van der Waals surface area (Å²) >= 11 is 0. The van der Waals surface area contributed by atoms with Crippen molar-refractivity contribution >= 4 is 5.91 Å². The van der Waals surface area contributed by atoms with E-state index in [-0.39, 0.29) is 12.3 Å². The van der Waals surface area contributed by atoms with Gasteiger partial charge in [0.25, 0.3) is 0 Å². The number of likely N-dealkylation sites (N-methyl/N-ethyl adjacent to an activating group) is 1. The Balaban J connectivity index is 2.54. The molecular weight excluding hydrogens is 269 g/mol. The third kappa shape index (κ3) is 5.21. The van der Waals surface area contributed by atoms with Crippen LogP contribution in [-0.2, 0) is 17.4 Å². The lowest BCUT2D eigenvalue weighted by atomic mass is 10.1. The highest BCUT2D eigenvalue weighted by atomic mass is 19.4. The Kier molecular flexibility index (Phi) is 6.01. The number of carbonyl (C=O) groups excluding carboxylic acids is 1. The molecule has 0 saturated carbocycles. The van der Waals surface area contributed by atoms with Gasteiger partial charge in [0.2, 0.25) is 5.91 Å². The molecule has 0 fully saturated rings. The van der Waals surface area contributed by atoms with Crippen LogP contribution >= 0.6 is 0 Å². The molecule has 0 spiro atoms. The van der Waals surface area contributed by atoms with Gasteiger partial charge in [-0.3, -0.25) is 4.79 Å². The van der Waals surface area contributed by atoms with E-state index in [0.29, 0.717) is 12.1 Å². The van der Waals surface area contributed by atoms with Crippen molar-refractivity contribution in [3.63, 3.8) is 0 Å². The normalized spacial score (nSPS) is 11.4. The number of amides is 1. The lowest BCUT2D eigenvalue weighted by molar-refractivity contribution is -0.137. The van der Waals surface area contributed by atoms with Crippen molar-refractivity contribution in [1.82, 2.24) is 10.2 Å². The minimum absolute atomic E-state index is 0.0964. The van der Waals surface area contributed by atoms with Crippen LogP contribution in [0.2, 0.25) is 0 Å². The zero-order chi connectivity index (χ0) is 15.2. The molecule has 20 heavy (non-hydrogen) atoms. The van der Waals surface area contributed by atoms with Gasteiger partial charge in [-0.25, -0.2) is 0 Å². The summed E-state index contributed by atoms with van der Waals surface area (Å²) in [4.78, 5) is 13.5. The maximum atomic E-state index is 12.4. The highest BCUT2D eigenvalue weighted by Crippen LogP contribution is 2.29. The van der Waals surface area contributed by atoms with Crippen molar-refractivity contribution in [1.29, 1.82) is 0 Å². The van der Waals surface area contributed by atoms with E-state index < -0.39 is 11.7 Å². The van der Waals surface area contributed by atoms with E-state index in [9.17, 15) is 18.0 Å². The van der Waals surface area contributed by atoms with E-state index in [1.54, 1.807) is 11.9 Å². The monoisotopic (exact) mass is 288 g/mol. The van der Waals surface area contributed by atoms with Gasteiger partial charge in [0.1, 0.15) is 0 Å². The molecule has 1 N–H and O–H groups in total. The number of carbonyl (C=O) groups is 1. The van der Waals surface area contributed by atoms with Gasteiger partial charge < -0.3 is 10.2 Å². The summed E-state index contributed by atoms with van der Waals surface area (Å²) in [5, 5.41) is 2.99. The van der Waals surface area contributed by atoms with E-state index in [4.69, 9.17) is 0 Å². The quantitative estimate of drug-likeness (QED) is 0.815. The molecule has 0 unspecified atom stereocenters. The standard InChI is InChI=1S/C14H19F3N2O/c1-18-8-3-9-19(2)13(20)10-11-4-6-12(7-5-11)14(15,16)17/h4-7,18H,3,8-10H2,1-2H3. The summed E-state index contributed by atoms with van der Waals surface area (Å²) < 4.78 is 37.2. The van der Waals surface area contributed by atoms with Crippen LogP contribution in [-0.4, -0.2) is 38.0 Å². The Morgan fingerprint density at radius 3 is 2.35 bits per heavy atom. The molecule has 0 aromatic heterocycles. The fraction of sp³-hybridized carbons (Fsp3) is 0.500. The Bertz CT molecular complexity index is 429. The van der Waals surface area contributed by atoms with E-state index >= 15 is 0 Å². The number of rotatable bonds is 6. The lowest BCUT2D eigenvalue weighted by Crippen LogP contribution is -2.30. The molecule has 0 radical (unpaired) electrons. The molecule has 3 nitrogen and oxygen atoms in total. The fourth-order valence-electron chi connectivity index (χ4n) is 1.74. The van der Waals surface area contributed by atoms with Crippen LogP contribution in [0.15, 0.2) is 24.3 Å². The van der Waals surface area contributed by atoms with Crippen LogP contribution in [0, 0.1) is 0 Å². The first-order chi connectivity index (χ1) is 9.34. The van der Waals surface area contributed by atoms with Crippen LogP contribution < -0.4 is 5.32 Å². The zero-order valence-electron chi connectivity index (χ0n) is 11.6. The van der Waals surface area contributed by atoms with E-state index in [1.807, 2.05) is 7.05 Å². The van der Waals surface area contributed by atoms with Crippen molar-refractivity contribution in [3.8, 4) is 0 Å². The predicted molar refractivity (Wildman–Crippen MR) is 71.3 cm³/mol. The summed E-state index contributed by atoms with van der Waals surface area (Å²) in [5.74, 6) is -0.0964. The average molecular weight is 288 g/mol. The number of nitrogens with one attached hydrogen (secondary N) is 1. The summed E-state index contributed by atoms with van der Waals surface area (Å²) in [6.07, 6.45) is -3.38. The molecule has 1 rings (SSSR count). The summed E-state index contributed by atoms with van der Waals surface area (Å²) in [6, 6.07) is 4.71. The van der Waals surface area contributed by atoms with Gasteiger partial charge in [-0.2, -0.15) is 13.2 Å². The molecule has 1 aromatic carbocycles. The van der Waals surface area contributed by atoms with Gasteiger partial charge in [-0.1, -0.05) is 12.1 Å². The predicted octanol–water partition coefficient (Wildman–Crippen LogP) is 2.32. The molecule has 0 aliphatic carbocycles. The Hall–Kier alpha value is -1.56. The van der Waals surface area contributed by atoms with E-state index in [2.05, 4.69) is 5.32 Å². The summed E-state index contributed by atoms with van der Waals surface area (Å²) in [6.45, 7) is 1.44. The minimum atomic E-state index is -4.34. The van der Waals surface area contributed by atoms with Crippen LogP contribution in [0.4, 0.5) is 13.2 Å². The van der Waals surface area contributed by atoms with Crippen LogP contribution in [0.1, 0.15) is 17.5 Å². The lowest BCUT2D eigenvalue weighted by Gasteiger charge is -2.17. The Morgan fingerprint density at radius 2 is 1.85 bits per heavy atom. The van der Waals surface area contributed by atoms with Crippen molar-refractivity contribution in [3.05, 3.63) is 35.4 Å². The first kappa shape index (κ1) is 16.5. The van der Waals surface area contributed by atoms with Gasteiger partial charge in [-0.05, 0) is 37.7 Å². The molecule has 0 heterocycles. The number of hydrogen-bond donors (Lipinski definition) is 1. The SMILES string of the molecule is CNCCCN(C)C(=O)Cc1ccc(C(F)(F)F)cc1. The van der Waals surface area contributed by atoms with Crippen molar-refractivity contribution < 1.29 is 18.0 Å². The van der Waals surface area contributed by atoms with Crippen molar-refractivity contribution in [2.75, 3.05) is 27.2 Å². The topological polar surface area (TPSA) is 32.3 Å². The fourth-order valence-corrected chi connectivity index (χ4v) is 1.74. The molecule has 0 bridgehead atoms. The molecule has 1 amide bonds. The first-order valence-corrected chi connectivity index (χ1v) is 6.39. The Labute approximate surface area is 116 Å². The second kappa shape index (κ2) is 7.28. The molecule has 0 saturated heterocycles. The number of halogens is 3. The van der Waals surface area contributed by atoms with Crippen LogP contribution in [0.5, 0.6) is 0 Å². The third-order valence-corrected chi connectivity index (χ3v) is 2.98. The highest BCUT2D eigenvalue weighted by molar-refractivity contribution is 5.78. The summed E-state index contributed by atoms with van der Waals surface area (Å²) in [7, 11) is 3.53. The second-order valence-corrected chi connectivity index (χ2v) is 4.64. The molecule has 1 aromatic rings. The first-order valence-electron chi connectivity index (χ1n) is 6.39. The van der Waals surface area contributed by atoms with Gasteiger partial charge in [-0.15, -0.1) is 0 Å². The molecule has 6 heteroatoms. The van der Waals surface area contributed by atoms with Gasteiger partial charge in [0.05, 0.1) is 12.0 Å². The maximum Gasteiger partial charge on any atom is 0.416 e. The van der Waals surface area contributed by atoms with Crippen molar-refractivity contribution in [2.45, 2.75) is 19.0 Å². The number of nitrogens with zero attached hydrogens (tertiary/aromatic N) is 1. The zero-order valence-corrected chi connectivity index (χ0v) is 11.6. The average Bonchev–Trinajstić information content (AvgIpc) is 2.38. The van der Waals surface area contributed by atoms with E-state index in [1.165, 1.54) is 12.1 Å². The third-order valence-electron chi connectivity index (χ3n) is 2.98. The smallest absolute Gasteiger partial charge is 0.345 e. The van der Waals surface area contributed by atoms with E-state index in [0.717, 1.165) is 25.1 Å². The number of hydrogen-bond acceptors (Lipinski definition) is 2. The van der Waals surface area contributed by atoms with Gasteiger partial charge >= 0.3 is 6.18 Å². The van der Waals surface area contributed by atoms with Gasteiger partial charge in [0, 0.05) is 13.6 Å². The summed E-state index contributed by atoms with van der Waals surface area (Å²) in [5.41, 5.74) is -0.112. The maximum absolute atomic E-state index is 12.4. The second-order valence-electron chi connectivity index (χ2n) is 4.64. The molecule has 0 aliphatic rings. The molecule has 0 aliphatic heterocycles. The van der Waals surface area contributed by atoms with Crippen molar-refractivity contribution in [2.24, 2.45) is 0 Å². The van der Waals surface area contributed by atoms with Crippen LogP contribution in [0.25, 0.3) is 0 Å². The number of benzene rings is 1. The van der Waals surface area contributed by atoms with Gasteiger partial charge in [0.15, 0.2) is 0 Å². The molecule has 112 valence electrons. The Morgan fingerprint density at radius 1 is 1.25 bits per heavy atom. The minimum Gasteiger partial charge on any atom is -0.345 e. The molecular formula is C14H19F3N2O. The number of alkyl halides is 3.